The highest BCUT2D eigenvalue weighted by Crippen LogP contribution is 2.59. The van der Waals surface area contributed by atoms with E-state index in [9.17, 15) is 9.59 Å². The maximum absolute atomic E-state index is 13.8. The summed E-state index contributed by atoms with van der Waals surface area (Å²) in [4.78, 5) is 29.8. The fraction of sp³-hybridized carbons (Fsp3) is 0.125. The van der Waals surface area contributed by atoms with E-state index < -0.39 is 10.3 Å². The van der Waals surface area contributed by atoms with E-state index in [-0.39, 0.29) is 17.6 Å². The predicted molar refractivity (Wildman–Crippen MR) is 142 cm³/mol. The molecule has 1 aromatic heterocycles. The van der Waals surface area contributed by atoms with Gasteiger partial charge in [-0.2, -0.15) is 5.10 Å². The van der Waals surface area contributed by atoms with Crippen LogP contribution in [0, 0.1) is 0 Å². The van der Waals surface area contributed by atoms with Crippen LogP contribution >= 0.6 is 46.5 Å². The first-order chi connectivity index (χ1) is 16.5. The van der Waals surface area contributed by atoms with Crippen molar-refractivity contribution in [3.63, 3.8) is 0 Å². The molecule has 0 unspecified atom stereocenters. The fourth-order valence-corrected chi connectivity index (χ4v) is 7.27. The number of esters is 1. The number of halogens is 1. The molecule has 1 spiro atoms. The van der Waals surface area contributed by atoms with Crippen molar-refractivity contribution in [2.75, 3.05) is 16.5 Å². The Kier molecular flexibility index (Phi) is 6.44. The minimum atomic E-state index is -1.10. The Morgan fingerprint density at radius 2 is 1.82 bits per heavy atom. The number of carbonyl (C=O) groups is 2. The third-order valence-electron chi connectivity index (χ3n) is 4.98. The molecule has 3 aromatic rings. The molecule has 2 aliphatic heterocycles. The van der Waals surface area contributed by atoms with Gasteiger partial charge < -0.3 is 4.74 Å². The van der Waals surface area contributed by atoms with Gasteiger partial charge in [-0.1, -0.05) is 47.6 Å². The topological polar surface area (TPSA) is 62.2 Å². The van der Waals surface area contributed by atoms with Crippen molar-refractivity contribution < 1.29 is 14.3 Å². The van der Waals surface area contributed by atoms with E-state index >= 15 is 0 Å². The van der Waals surface area contributed by atoms with E-state index in [1.807, 2.05) is 66.1 Å². The number of hydrogen-bond donors (Lipinski definition) is 0. The molecule has 2 aromatic carbocycles. The molecule has 34 heavy (non-hydrogen) atoms. The zero-order chi connectivity index (χ0) is 23.7. The standard InChI is InChI=1S/C24H18ClN3O3S3/c1-2-31-23(30)21-26-28(18-12-10-16(25)11-13-18)24(34-21)27(17-7-4-3-5-8-17)22(29)20(33-24)15-19-9-6-14-32-19/h3-15H,2H2,1H3/b20-15-/t24-/m1/s1. The molecule has 5 rings (SSSR count). The fourth-order valence-electron chi connectivity index (χ4n) is 3.55. The van der Waals surface area contributed by atoms with Crippen molar-refractivity contribution in [3.8, 4) is 0 Å². The number of thiophene rings is 1. The predicted octanol–water partition coefficient (Wildman–Crippen LogP) is 6.26. The van der Waals surface area contributed by atoms with Crippen LogP contribution in [-0.4, -0.2) is 27.9 Å². The van der Waals surface area contributed by atoms with E-state index in [1.165, 1.54) is 23.5 Å². The van der Waals surface area contributed by atoms with Gasteiger partial charge in [0.15, 0.2) is 0 Å². The van der Waals surface area contributed by atoms with Crippen LogP contribution in [0.25, 0.3) is 6.08 Å². The van der Waals surface area contributed by atoms with Crippen LogP contribution in [0.4, 0.5) is 11.4 Å². The Morgan fingerprint density at radius 1 is 1.06 bits per heavy atom. The van der Waals surface area contributed by atoms with Gasteiger partial charge in [0.1, 0.15) is 0 Å². The summed E-state index contributed by atoms with van der Waals surface area (Å²) >= 11 is 10.2. The van der Waals surface area contributed by atoms with Crippen LogP contribution in [0.1, 0.15) is 11.8 Å². The highest BCUT2D eigenvalue weighted by molar-refractivity contribution is 8.29. The van der Waals surface area contributed by atoms with Crippen LogP contribution in [0.5, 0.6) is 0 Å². The molecule has 0 saturated carbocycles. The summed E-state index contributed by atoms with van der Waals surface area (Å²) in [6.07, 6.45) is 1.88. The van der Waals surface area contributed by atoms with Gasteiger partial charge in [0.05, 0.1) is 17.2 Å². The lowest BCUT2D eigenvalue weighted by atomic mass is 10.2. The summed E-state index contributed by atoms with van der Waals surface area (Å²) in [6, 6.07) is 20.4. The minimum Gasteiger partial charge on any atom is -0.461 e. The first-order valence-corrected chi connectivity index (χ1v) is 13.3. The molecule has 0 radical (unpaired) electrons. The second-order valence-electron chi connectivity index (χ2n) is 7.17. The number of carbonyl (C=O) groups excluding carboxylic acids is 2. The zero-order valence-corrected chi connectivity index (χ0v) is 21.1. The molecular weight excluding hydrogens is 510 g/mol. The van der Waals surface area contributed by atoms with E-state index in [1.54, 1.807) is 40.3 Å². The summed E-state index contributed by atoms with van der Waals surface area (Å²) in [6.45, 7) is 1.97. The SMILES string of the molecule is CCOC(=O)C1=NN(c2ccc(Cl)cc2)[C@@]2(S1)S/C(=C\c1cccs1)C(=O)N2c1ccccc1. The summed E-state index contributed by atoms with van der Waals surface area (Å²) in [5, 5.41) is 9.06. The lowest BCUT2D eigenvalue weighted by Crippen LogP contribution is -2.51. The quantitative estimate of drug-likeness (QED) is 0.288. The monoisotopic (exact) mass is 527 g/mol. The molecule has 1 saturated heterocycles. The molecule has 10 heteroatoms. The number of nitrogens with zero attached hydrogens (tertiary/aromatic N) is 3. The van der Waals surface area contributed by atoms with Crippen molar-refractivity contribution in [1.29, 1.82) is 0 Å². The largest absolute Gasteiger partial charge is 0.461 e. The van der Waals surface area contributed by atoms with Crippen molar-refractivity contribution in [2.45, 2.75) is 11.3 Å². The van der Waals surface area contributed by atoms with Crippen LogP contribution in [-0.2, 0) is 14.3 Å². The number of ether oxygens (including phenoxy) is 1. The average molecular weight is 528 g/mol. The lowest BCUT2D eigenvalue weighted by molar-refractivity contribution is -0.134. The minimum absolute atomic E-state index is 0.170. The van der Waals surface area contributed by atoms with Crippen LogP contribution in [0.2, 0.25) is 5.02 Å². The van der Waals surface area contributed by atoms with Gasteiger partial charge in [0.25, 0.3) is 5.91 Å². The second-order valence-corrected chi connectivity index (χ2v) is 11.2. The first-order valence-electron chi connectivity index (χ1n) is 10.4. The highest BCUT2D eigenvalue weighted by atomic mass is 35.5. The number of hydrogen-bond acceptors (Lipinski definition) is 8. The second kappa shape index (κ2) is 9.50. The van der Waals surface area contributed by atoms with Crippen molar-refractivity contribution in [1.82, 2.24) is 0 Å². The molecule has 2 aliphatic rings. The molecule has 3 heterocycles. The van der Waals surface area contributed by atoms with Crippen molar-refractivity contribution in [3.05, 3.63) is 86.9 Å². The molecule has 172 valence electrons. The average Bonchev–Trinajstić information content (AvgIpc) is 3.55. The van der Waals surface area contributed by atoms with E-state index in [4.69, 9.17) is 16.3 Å². The third kappa shape index (κ3) is 4.13. The molecular formula is C24H18ClN3O3S3. The highest BCUT2D eigenvalue weighted by Gasteiger charge is 2.60. The molecule has 1 fully saturated rings. The number of para-hydroxylation sites is 1. The number of anilines is 2. The molecule has 0 bridgehead atoms. The third-order valence-corrected chi connectivity index (χ3v) is 8.75. The van der Waals surface area contributed by atoms with E-state index in [2.05, 4.69) is 5.10 Å². The van der Waals surface area contributed by atoms with Crippen LogP contribution in [0.3, 0.4) is 0 Å². The summed E-state index contributed by atoms with van der Waals surface area (Å²) < 4.78 is 4.15. The molecule has 1 atom stereocenters. The summed E-state index contributed by atoms with van der Waals surface area (Å²) in [5.41, 5.74) is 1.39. The number of rotatable bonds is 5. The Balaban J connectivity index is 1.67. The Hall–Kier alpha value is -2.72. The van der Waals surface area contributed by atoms with E-state index in [0.717, 1.165) is 4.88 Å². The van der Waals surface area contributed by atoms with Gasteiger partial charge in [-0.15, -0.1) is 11.3 Å². The van der Waals surface area contributed by atoms with E-state index in [0.29, 0.717) is 21.3 Å². The number of hydrazone groups is 1. The normalized spacial score (nSPS) is 20.9. The summed E-state index contributed by atoms with van der Waals surface area (Å²) in [7, 11) is 0. The zero-order valence-electron chi connectivity index (χ0n) is 17.9. The smallest absolute Gasteiger partial charge is 0.365 e. The Bertz CT molecular complexity index is 1280. The molecule has 6 nitrogen and oxygen atoms in total. The molecule has 0 N–H and O–H groups in total. The van der Waals surface area contributed by atoms with Gasteiger partial charge >= 0.3 is 5.97 Å². The first kappa shape index (κ1) is 23.0. The molecule has 1 amide bonds. The van der Waals surface area contributed by atoms with Gasteiger partial charge in [-0.25, -0.2) is 9.80 Å². The van der Waals surface area contributed by atoms with Gasteiger partial charge in [0.2, 0.25) is 9.37 Å². The lowest BCUT2D eigenvalue weighted by Gasteiger charge is -2.38. The maximum atomic E-state index is 13.8. The van der Waals surface area contributed by atoms with Crippen LogP contribution in [0.15, 0.2) is 82.1 Å². The number of amides is 1. The summed E-state index contributed by atoms with van der Waals surface area (Å²) in [5.74, 6) is -0.698. The van der Waals surface area contributed by atoms with Crippen LogP contribution < -0.4 is 9.91 Å². The maximum Gasteiger partial charge on any atom is 0.365 e. The van der Waals surface area contributed by atoms with Gasteiger partial charge in [0, 0.05) is 15.6 Å². The number of benzene rings is 2. The van der Waals surface area contributed by atoms with Crippen molar-refractivity contribution in [2.24, 2.45) is 5.10 Å². The number of thioether (sulfide) groups is 2. The Morgan fingerprint density at radius 3 is 2.50 bits per heavy atom. The van der Waals surface area contributed by atoms with Gasteiger partial charge in [-0.3, -0.25) is 9.69 Å². The van der Waals surface area contributed by atoms with Gasteiger partial charge in [-0.05, 0) is 72.6 Å². The van der Waals surface area contributed by atoms with Crippen molar-refractivity contribution >= 4 is 80.8 Å². The molecule has 0 aliphatic carbocycles. The Labute approximate surface area is 214 Å².